The van der Waals surface area contributed by atoms with Crippen LogP contribution in [-0.4, -0.2) is 245 Å². The van der Waals surface area contributed by atoms with Gasteiger partial charge in [-0.25, -0.2) is 9.59 Å². The maximum atomic E-state index is 13.4. The Bertz CT molecular complexity index is 2350. The van der Waals surface area contributed by atoms with Crippen LogP contribution in [0.3, 0.4) is 0 Å². The van der Waals surface area contributed by atoms with Gasteiger partial charge in [-0.2, -0.15) is 0 Å². The highest BCUT2D eigenvalue weighted by molar-refractivity contribution is 5.87. The zero-order chi connectivity index (χ0) is 60.1. The van der Waals surface area contributed by atoms with Crippen molar-refractivity contribution in [1.29, 1.82) is 0 Å². The van der Waals surface area contributed by atoms with E-state index in [1.54, 1.807) is 19.9 Å². The van der Waals surface area contributed by atoms with E-state index in [1.165, 1.54) is 0 Å². The quantitative estimate of drug-likeness (QED) is 0.0396. The van der Waals surface area contributed by atoms with Crippen molar-refractivity contribution in [1.82, 2.24) is 0 Å². The summed E-state index contributed by atoms with van der Waals surface area (Å²) in [6, 6.07) is 0. The number of carboxylic acid groups (broad SMARTS) is 1. The lowest BCUT2D eigenvalue weighted by Gasteiger charge is -2.72. The second-order valence-corrected chi connectivity index (χ2v) is 26.9. The Morgan fingerprint density at radius 3 is 1.91 bits per heavy atom. The van der Waals surface area contributed by atoms with Crippen LogP contribution in [0.5, 0.6) is 0 Å². The summed E-state index contributed by atoms with van der Waals surface area (Å²) in [5.41, 5.74) is -2.63. The van der Waals surface area contributed by atoms with Gasteiger partial charge in [0.25, 0.3) is 0 Å². The van der Waals surface area contributed by atoms with E-state index in [-0.39, 0.29) is 36.2 Å². The van der Waals surface area contributed by atoms with Crippen molar-refractivity contribution in [2.45, 2.75) is 236 Å². The summed E-state index contributed by atoms with van der Waals surface area (Å²) in [7, 11) is 0. The van der Waals surface area contributed by atoms with Gasteiger partial charge in [-0.1, -0.05) is 59.3 Å². The van der Waals surface area contributed by atoms with Crippen molar-refractivity contribution in [3.63, 3.8) is 0 Å². The predicted octanol–water partition coefficient (Wildman–Crippen LogP) is -1.76. The summed E-state index contributed by atoms with van der Waals surface area (Å²) in [4.78, 5) is 26.6. The third kappa shape index (κ3) is 10.5. The molecule has 2 unspecified atom stereocenters. The Labute approximate surface area is 476 Å². The summed E-state index contributed by atoms with van der Waals surface area (Å²) >= 11 is 0. The summed E-state index contributed by atoms with van der Waals surface area (Å²) in [5.74, 6) is -2.87. The number of rotatable bonds is 14. The molecule has 0 aromatic carbocycles. The molecule has 29 atom stereocenters. The van der Waals surface area contributed by atoms with E-state index in [1.807, 2.05) is 6.92 Å². The van der Waals surface area contributed by atoms with E-state index < -0.39 is 194 Å². The fourth-order valence-corrected chi connectivity index (χ4v) is 16.8. The molecule has 0 amide bonds. The first-order valence-electron chi connectivity index (χ1n) is 29.0. The van der Waals surface area contributed by atoms with Gasteiger partial charge in [0, 0.05) is 11.0 Å². The minimum absolute atomic E-state index is 0.0405. The molecule has 468 valence electrons. The van der Waals surface area contributed by atoms with Crippen LogP contribution in [0, 0.1) is 50.2 Å². The average Bonchev–Trinajstić information content (AvgIpc) is 0.800. The van der Waals surface area contributed by atoms with E-state index in [0.29, 0.717) is 50.5 Å². The van der Waals surface area contributed by atoms with E-state index in [4.69, 9.17) is 42.6 Å². The first kappa shape index (κ1) is 64.1. The number of aliphatic hydroxyl groups excluding tert-OH is 13. The van der Waals surface area contributed by atoms with Gasteiger partial charge in [-0.3, -0.25) is 0 Å². The van der Waals surface area contributed by atoms with E-state index in [0.717, 1.165) is 5.57 Å². The number of aliphatic hydroxyl groups is 13. The van der Waals surface area contributed by atoms with Crippen LogP contribution in [0.4, 0.5) is 0 Å². The molecular weight excluding hydrogens is 1080 g/mol. The monoisotopic (exact) mass is 1170 g/mol. The van der Waals surface area contributed by atoms with Crippen LogP contribution in [-0.2, 0) is 52.2 Å². The van der Waals surface area contributed by atoms with Crippen LogP contribution in [0.25, 0.3) is 0 Å². The van der Waals surface area contributed by atoms with Crippen molar-refractivity contribution >= 4 is 11.9 Å². The number of carboxylic acids is 1. The first-order chi connectivity index (χ1) is 38.4. The molecule has 9 aliphatic rings. The van der Waals surface area contributed by atoms with Crippen molar-refractivity contribution < 1.29 is 124 Å². The molecule has 0 bridgehead atoms. The van der Waals surface area contributed by atoms with Gasteiger partial charge in [0.2, 0.25) is 0 Å². The van der Waals surface area contributed by atoms with Gasteiger partial charge < -0.3 is 114 Å². The third-order valence-corrected chi connectivity index (χ3v) is 21.9. The molecule has 9 rings (SSSR count). The molecule has 14 N–H and O–H groups in total. The molecule has 5 aliphatic carbocycles. The predicted molar refractivity (Wildman–Crippen MR) is 279 cm³/mol. The van der Waals surface area contributed by atoms with Crippen molar-refractivity contribution in [3.05, 3.63) is 23.3 Å². The maximum Gasteiger partial charge on any atom is 0.335 e. The molecule has 4 heterocycles. The Balaban J connectivity index is 1.04. The highest BCUT2D eigenvalue weighted by atomic mass is 16.8. The number of esters is 1. The van der Waals surface area contributed by atoms with E-state index in [9.17, 15) is 81.1 Å². The fourth-order valence-electron chi connectivity index (χ4n) is 16.8. The number of fused-ring (bicyclic) bond motifs is 7. The summed E-state index contributed by atoms with van der Waals surface area (Å²) in [6.07, 6.45) is -28.9. The molecule has 4 saturated carbocycles. The zero-order valence-corrected chi connectivity index (χ0v) is 48.0. The lowest BCUT2D eigenvalue weighted by molar-refractivity contribution is -0.400. The number of carbonyl (C=O) groups is 2. The number of carbonyl (C=O) groups excluding carboxylic acids is 1. The van der Waals surface area contributed by atoms with Crippen LogP contribution in [0.1, 0.15) is 107 Å². The molecule has 82 heavy (non-hydrogen) atoms. The van der Waals surface area contributed by atoms with Crippen molar-refractivity contribution in [3.8, 4) is 0 Å². The topological polar surface area (TPSA) is 400 Å². The summed E-state index contributed by atoms with van der Waals surface area (Å²) < 4.78 is 54.7. The third-order valence-electron chi connectivity index (χ3n) is 21.9. The lowest BCUT2D eigenvalue weighted by atomic mass is 9.33. The van der Waals surface area contributed by atoms with Gasteiger partial charge in [0.15, 0.2) is 31.3 Å². The van der Waals surface area contributed by atoms with Gasteiger partial charge in [0.1, 0.15) is 85.5 Å². The zero-order valence-electron chi connectivity index (χ0n) is 48.0. The summed E-state index contributed by atoms with van der Waals surface area (Å²) in [6.45, 7) is 13.4. The standard InChI is InChI=1S/C57H90O25/c1-9-24(2)47(73)77-34-18-52(3,4)16-26-25-10-11-31-53(5)14-13-33(54(6,22-59)30(53)12-15-55(31,7)56(25,8)17-32(63)57(26,34)23-60)78-51-45(82-49-40(69)38(67)37(66)29(19-58)76-49)42(41(70)43(80-51)46(71)72)79-50-44(36(65)28(62)21-75-50)81-48-39(68)35(64)27(61)20-74-48/h9-10,26-45,48-51,58-70H,11-23H2,1-8H3,(H,71,72)/b24-9-/t26-,27+,28-,29+,30+,31+,32+,33-,34-,35-,36-,37-,38-,39+,40+,41-,42-,43-,44?,45+,48-,49-,50-,51?,53-,54-,55+,56+,57-/m0/s1. The average molecular weight is 1180 g/mol. The van der Waals surface area contributed by atoms with E-state index in [2.05, 4.69) is 40.7 Å². The van der Waals surface area contributed by atoms with Crippen LogP contribution in [0.15, 0.2) is 23.3 Å². The second-order valence-electron chi connectivity index (χ2n) is 26.9. The van der Waals surface area contributed by atoms with Crippen molar-refractivity contribution in [2.75, 3.05) is 33.0 Å². The largest absolute Gasteiger partial charge is 0.479 e. The Hall–Kier alpha value is -2.42. The molecule has 25 heteroatoms. The van der Waals surface area contributed by atoms with Crippen molar-refractivity contribution in [2.24, 2.45) is 50.2 Å². The highest BCUT2D eigenvalue weighted by Crippen LogP contribution is 2.76. The van der Waals surface area contributed by atoms with Crippen LogP contribution >= 0.6 is 0 Å². The summed E-state index contributed by atoms with van der Waals surface area (Å²) in [5, 5.41) is 155. The van der Waals surface area contributed by atoms with E-state index >= 15 is 0 Å². The maximum absolute atomic E-state index is 13.4. The highest BCUT2D eigenvalue weighted by Gasteiger charge is 2.73. The molecular formula is C57H90O25. The smallest absolute Gasteiger partial charge is 0.335 e. The normalized spacial score (nSPS) is 52.3. The minimum atomic E-state index is -2.24. The molecule has 4 saturated heterocycles. The molecule has 0 spiro atoms. The number of aliphatic carboxylic acids is 1. The Morgan fingerprint density at radius 1 is 0.646 bits per heavy atom. The SMILES string of the molecule is C/C=C(/C)C(=O)O[C@H]1CC(C)(C)C[C@H]2C3=CC[C@@H]4[C@@]5(C)CC[C@H](OC6O[C@H](C(=O)O)[C@@H](O)[C@H](O[C@@H]7OC[C@H](O)[C@H](O)C7O[C@@H]7OC[C@@H](O)[C@H](O)[C@H]7O)[C@H]6O[C@@H]6O[C@H](CO)[C@H](O)[C@H](O)[C@H]6O)[C@@](C)(CO)[C@@H]5CC[C@@]4(C)[C@]3(C)C[C@@H](O)[C@@]12CO. The molecule has 4 aliphatic heterocycles. The molecule has 0 radical (unpaired) electrons. The number of hydrogen-bond donors (Lipinski definition) is 14. The minimum Gasteiger partial charge on any atom is -0.479 e. The Morgan fingerprint density at radius 2 is 1.28 bits per heavy atom. The number of hydrogen-bond acceptors (Lipinski definition) is 24. The van der Waals surface area contributed by atoms with Crippen LogP contribution < -0.4 is 0 Å². The molecule has 25 nitrogen and oxygen atoms in total. The molecule has 8 fully saturated rings. The lowest BCUT2D eigenvalue weighted by Crippen LogP contribution is -2.70. The number of allylic oxidation sites excluding steroid dienone is 3. The van der Waals surface area contributed by atoms with Gasteiger partial charge in [0.05, 0.1) is 50.7 Å². The number of ether oxygens (including phenoxy) is 9. The molecule has 0 aromatic rings. The van der Waals surface area contributed by atoms with Crippen LogP contribution in [0.2, 0.25) is 0 Å². The molecule has 0 aromatic heterocycles. The first-order valence-corrected chi connectivity index (χ1v) is 29.0. The Kier molecular flexibility index (Phi) is 18.4. The van der Waals surface area contributed by atoms with Gasteiger partial charge in [-0.15, -0.1) is 0 Å². The van der Waals surface area contributed by atoms with Gasteiger partial charge >= 0.3 is 11.9 Å². The van der Waals surface area contributed by atoms with Gasteiger partial charge in [-0.05, 0) is 105 Å². The second kappa shape index (κ2) is 23.6. The fraction of sp³-hybridized carbons (Fsp3) is 0.895.